The van der Waals surface area contributed by atoms with Crippen LogP contribution in [0.5, 0.6) is 0 Å². The lowest BCUT2D eigenvalue weighted by molar-refractivity contribution is 0.853. The lowest BCUT2D eigenvalue weighted by Gasteiger charge is -2.17. The van der Waals surface area contributed by atoms with Crippen LogP contribution in [0.15, 0.2) is 261 Å². The average molecular weight is 1000 g/mol. The van der Waals surface area contributed by atoms with Crippen LogP contribution in [-0.2, 0) is 0 Å². The fourth-order valence-electron chi connectivity index (χ4n) is 10.8. The molecule has 0 aromatic heterocycles. The second kappa shape index (κ2) is 23.7. The van der Waals surface area contributed by atoms with Crippen LogP contribution in [-0.4, -0.2) is 0 Å². The molecule has 1 aliphatic carbocycles. The maximum Gasteiger partial charge on any atom is 0.00557 e. The van der Waals surface area contributed by atoms with Crippen molar-refractivity contribution < 1.29 is 0 Å². The zero-order valence-electron chi connectivity index (χ0n) is 45.1. The third-order valence-electron chi connectivity index (χ3n) is 15.7. The molecule has 0 radical (unpaired) electrons. The average Bonchev–Trinajstić information content (AvgIpc) is 3.55. The van der Waals surface area contributed by atoms with Crippen molar-refractivity contribution in [2.24, 2.45) is 0 Å². The molecule has 376 valence electrons. The van der Waals surface area contributed by atoms with Crippen molar-refractivity contribution in [3.8, 4) is 33.4 Å². The van der Waals surface area contributed by atoms with E-state index in [1.807, 2.05) is 0 Å². The number of allylic oxidation sites excluding steroid dienone is 4. The summed E-state index contributed by atoms with van der Waals surface area (Å²) in [7, 11) is 0. The summed E-state index contributed by atoms with van der Waals surface area (Å²) in [6.07, 6.45) is 23.7. The molecule has 0 saturated carbocycles. The lowest BCUT2D eigenvalue weighted by Crippen LogP contribution is -1.99. The van der Waals surface area contributed by atoms with Gasteiger partial charge in [-0.25, -0.2) is 0 Å². The van der Waals surface area contributed by atoms with Gasteiger partial charge in [-0.05, 0) is 174 Å². The third-order valence-corrected chi connectivity index (χ3v) is 15.7. The Balaban J connectivity index is 0.815. The molecule has 0 fully saturated rings. The third kappa shape index (κ3) is 11.7. The molecular weight excluding hydrogens is 937 g/mol. The summed E-state index contributed by atoms with van der Waals surface area (Å²) in [5.74, 6) is 0.420. The summed E-state index contributed by atoms with van der Waals surface area (Å²) in [6.45, 7) is 9.05. The van der Waals surface area contributed by atoms with Crippen LogP contribution in [0.25, 0.3) is 81.0 Å². The Morgan fingerprint density at radius 1 is 0.308 bits per heavy atom. The Hall–Kier alpha value is -9.36. The van der Waals surface area contributed by atoms with Crippen molar-refractivity contribution >= 4 is 47.6 Å². The minimum absolute atomic E-state index is 0.420. The first-order valence-corrected chi connectivity index (χ1v) is 27.3. The van der Waals surface area contributed by atoms with Crippen LogP contribution >= 0.6 is 0 Å². The van der Waals surface area contributed by atoms with Gasteiger partial charge in [-0.2, -0.15) is 0 Å². The fourth-order valence-corrected chi connectivity index (χ4v) is 10.8. The van der Waals surface area contributed by atoms with Crippen molar-refractivity contribution in [3.63, 3.8) is 0 Å². The lowest BCUT2D eigenvalue weighted by atomic mass is 9.88. The van der Waals surface area contributed by atoms with Gasteiger partial charge in [0.2, 0.25) is 0 Å². The molecule has 0 amide bonds. The molecule has 10 aromatic rings. The molecule has 0 bridgehead atoms. The standard InChI is InChI=1S/C78H64/c1-55-56(2)76(52-34-60-27-31-62(32-28-60)54-78(73-47-39-69(40-48-73)65-21-13-7-14-22-65)74-49-41-70(42-50-74)66-23-15-8-16-24-66)58(4)57(3)75(55)51-33-59-25-29-61(30-26-59)53-77(71-43-35-67(36-44-71)63-17-9-5-10-18-63)72-45-37-68(38-46-72)64-19-11-6-12-20-64/h5-23,25-54,66H,24H2,1-4H3. The molecule has 0 spiro atoms. The summed E-state index contributed by atoms with van der Waals surface area (Å²) >= 11 is 0. The maximum absolute atomic E-state index is 2.33. The van der Waals surface area contributed by atoms with Gasteiger partial charge in [-0.15, -0.1) is 0 Å². The van der Waals surface area contributed by atoms with Gasteiger partial charge >= 0.3 is 0 Å². The monoisotopic (exact) mass is 1000 g/mol. The van der Waals surface area contributed by atoms with Gasteiger partial charge in [0, 0.05) is 5.92 Å². The van der Waals surface area contributed by atoms with E-state index in [1.54, 1.807) is 0 Å². The van der Waals surface area contributed by atoms with Gasteiger partial charge in [0.25, 0.3) is 0 Å². The smallest absolute Gasteiger partial charge is 0.00557 e. The Labute approximate surface area is 462 Å². The van der Waals surface area contributed by atoms with Gasteiger partial charge in [-0.3, -0.25) is 0 Å². The first-order valence-electron chi connectivity index (χ1n) is 27.3. The Bertz CT molecular complexity index is 3730. The van der Waals surface area contributed by atoms with E-state index in [-0.39, 0.29) is 0 Å². The minimum Gasteiger partial charge on any atom is -0.0836 e. The predicted octanol–water partition coefficient (Wildman–Crippen LogP) is 21.0. The van der Waals surface area contributed by atoms with Crippen LogP contribution < -0.4 is 0 Å². The molecule has 10 aromatic carbocycles. The largest absolute Gasteiger partial charge is 0.0836 e. The van der Waals surface area contributed by atoms with Crippen molar-refractivity contribution in [2.75, 3.05) is 0 Å². The number of benzene rings is 10. The van der Waals surface area contributed by atoms with Crippen molar-refractivity contribution in [1.82, 2.24) is 0 Å². The van der Waals surface area contributed by atoms with Crippen LogP contribution in [0.1, 0.15) is 95.8 Å². The minimum atomic E-state index is 0.420. The summed E-state index contributed by atoms with van der Waals surface area (Å²) in [4.78, 5) is 0. The van der Waals surface area contributed by atoms with Crippen LogP contribution in [0.3, 0.4) is 0 Å². The first-order chi connectivity index (χ1) is 38.3. The summed E-state index contributed by atoms with van der Waals surface area (Å²) in [5, 5.41) is 0. The van der Waals surface area contributed by atoms with Gasteiger partial charge in [0.15, 0.2) is 0 Å². The Morgan fingerprint density at radius 2 is 0.615 bits per heavy atom. The molecule has 0 N–H and O–H groups in total. The van der Waals surface area contributed by atoms with E-state index in [0.717, 1.165) is 12.0 Å². The zero-order chi connectivity index (χ0) is 53.2. The molecule has 1 unspecified atom stereocenters. The molecule has 0 heterocycles. The van der Waals surface area contributed by atoms with E-state index in [4.69, 9.17) is 0 Å². The summed E-state index contributed by atoms with van der Waals surface area (Å²) in [5.41, 5.74) is 28.3. The van der Waals surface area contributed by atoms with Gasteiger partial charge in [0.1, 0.15) is 0 Å². The molecule has 0 heteroatoms. The number of hydrogen-bond acceptors (Lipinski definition) is 0. The van der Waals surface area contributed by atoms with E-state index in [2.05, 4.69) is 325 Å². The van der Waals surface area contributed by atoms with Crippen LogP contribution in [0.4, 0.5) is 0 Å². The summed E-state index contributed by atoms with van der Waals surface area (Å²) < 4.78 is 0. The highest BCUT2D eigenvalue weighted by molar-refractivity contribution is 5.94. The van der Waals surface area contributed by atoms with Gasteiger partial charge in [-0.1, -0.05) is 285 Å². The van der Waals surface area contributed by atoms with E-state index in [9.17, 15) is 0 Å². The van der Waals surface area contributed by atoms with E-state index in [0.29, 0.717) is 5.92 Å². The van der Waals surface area contributed by atoms with Crippen LogP contribution in [0.2, 0.25) is 0 Å². The quantitative estimate of drug-likeness (QED) is 0.0953. The number of hydrogen-bond donors (Lipinski definition) is 0. The van der Waals surface area contributed by atoms with E-state index >= 15 is 0 Å². The molecule has 0 saturated heterocycles. The SMILES string of the molecule is Cc1c(C)c(C=Cc2ccc(C=C(c3ccc(-c4ccccc4)cc3)c3ccc(C4C=CC=CC4)cc3)cc2)c(C)c(C)c1C=Cc1ccc(C=C(c2ccc(-c3ccccc3)cc2)c2ccc(-c3ccccc3)cc2)cc1. The summed E-state index contributed by atoms with van der Waals surface area (Å²) in [6, 6.07) is 85.8. The van der Waals surface area contributed by atoms with Crippen molar-refractivity contribution in [1.29, 1.82) is 0 Å². The normalized spacial score (nSPS) is 13.3. The van der Waals surface area contributed by atoms with Crippen molar-refractivity contribution in [3.05, 3.63) is 344 Å². The highest BCUT2D eigenvalue weighted by Crippen LogP contribution is 2.35. The fraction of sp³-hybridized carbons (Fsp3) is 0.0769. The first kappa shape index (κ1) is 50.8. The molecule has 11 rings (SSSR count). The highest BCUT2D eigenvalue weighted by Gasteiger charge is 2.15. The molecule has 78 heavy (non-hydrogen) atoms. The predicted molar refractivity (Wildman–Crippen MR) is 338 cm³/mol. The van der Waals surface area contributed by atoms with Gasteiger partial charge < -0.3 is 0 Å². The second-order valence-electron chi connectivity index (χ2n) is 20.6. The van der Waals surface area contributed by atoms with Crippen molar-refractivity contribution in [2.45, 2.75) is 40.0 Å². The number of rotatable bonds is 14. The van der Waals surface area contributed by atoms with E-state index < -0.39 is 0 Å². The topological polar surface area (TPSA) is 0 Å². The van der Waals surface area contributed by atoms with Crippen LogP contribution in [0, 0.1) is 27.7 Å². The maximum atomic E-state index is 2.33. The Kier molecular flexibility index (Phi) is 15.4. The van der Waals surface area contributed by atoms with Gasteiger partial charge in [0.05, 0.1) is 0 Å². The molecule has 0 aliphatic heterocycles. The zero-order valence-corrected chi connectivity index (χ0v) is 45.1. The highest BCUT2D eigenvalue weighted by atomic mass is 14.2. The Morgan fingerprint density at radius 3 is 0.936 bits per heavy atom. The molecular formula is C78H64. The van der Waals surface area contributed by atoms with E-state index in [1.165, 1.54) is 122 Å². The molecule has 0 nitrogen and oxygen atoms in total. The molecule has 1 aliphatic rings. The molecule has 1 atom stereocenters. The second-order valence-corrected chi connectivity index (χ2v) is 20.6.